The molecule has 0 unspecified atom stereocenters. The predicted octanol–water partition coefficient (Wildman–Crippen LogP) is 13.2. The summed E-state index contributed by atoms with van der Waals surface area (Å²) in [5, 5.41) is 6.41. The van der Waals surface area contributed by atoms with Gasteiger partial charge in [0.25, 0.3) is 0 Å². The normalized spacial score (nSPS) is 11.7. The van der Waals surface area contributed by atoms with E-state index in [1.807, 2.05) is 66.7 Å². The summed E-state index contributed by atoms with van der Waals surface area (Å²) in [5.41, 5.74) is 10.5. The quantitative estimate of drug-likeness (QED) is 0.180. The van der Waals surface area contributed by atoms with Crippen molar-refractivity contribution in [1.29, 1.82) is 0 Å². The maximum absolute atomic E-state index is 6.51. The lowest BCUT2D eigenvalue weighted by Crippen LogP contribution is -2.00. The van der Waals surface area contributed by atoms with Crippen LogP contribution in [-0.4, -0.2) is 15.0 Å². The molecular formula is C49H29N3O2. The Morgan fingerprint density at radius 1 is 0.296 bits per heavy atom. The molecule has 0 saturated carbocycles. The highest BCUT2D eigenvalue weighted by molar-refractivity contribution is 6.16. The van der Waals surface area contributed by atoms with Gasteiger partial charge in [0.1, 0.15) is 22.3 Å². The van der Waals surface area contributed by atoms with Crippen LogP contribution in [0.15, 0.2) is 185 Å². The summed E-state index contributed by atoms with van der Waals surface area (Å²) in [5.74, 6) is 1.75. The molecule has 3 heterocycles. The van der Waals surface area contributed by atoms with Gasteiger partial charge in [0.05, 0.1) is 5.56 Å². The zero-order valence-electron chi connectivity index (χ0n) is 28.9. The standard InChI is InChI=1S/C49H29N3O2/c1-3-13-30(14-4-1)32-27-28-40-44(29-32)53-43-26-12-21-37(45(40)43)34-19-9-20-35-33(34)18-10-23-39(35)48-50-47(31-15-5-2-6-16-31)51-49(52-48)41-24-11-22-38-36-17-7-8-25-42(36)54-46(38)41/h1-29H. The van der Waals surface area contributed by atoms with E-state index in [0.717, 1.165) is 93.6 Å². The minimum absolute atomic E-state index is 0.557. The Hall–Kier alpha value is -7.37. The lowest BCUT2D eigenvalue weighted by molar-refractivity contribution is 0.669. The van der Waals surface area contributed by atoms with Crippen LogP contribution in [0.3, 0.4) is 0 Å². The van der Waals surface area contributed by atoms with Gasteiger partial charge in [-0.25, -0.2) is 15.0 Å². The van der Waals surface area contributed by atoms with Crippen molar-refractivity contribution in [3.8, 4) is 56.4 Å². The van der Waals surface area contributed by atoms with E-state index in [2.05, 4.69) is 109 Å². The van der Waals surface area contributed by atoms with Gasteiger partial charge < -0.3 is 8.83 Å². The predicted molar refractivity (Wildman–Crippen MR) is 219 cm³/mol. The highest BCUT2D eigenvalue weighted by atomic mass is 16.3. The second kappa shape index (κ2) is 12.1. The molecule has 0 N–H and O–H groups in total. The average Bonchev–Trinajstić information content (AvgIpc) is 3.82. The first-order valence-corrected chi connectivity index (χ1v) is 18.0. The molecule has 5 nitrogen and oxygen atoms in total. The molecule has 0 radical (unpaired) electrons. The van der Waals surface area contributed by atoms with E-state index in [-0.39, 0.29) is 0 Å². The van der Waals surface area contributed by atoms with Crippen LogP contribution in [0.1, 0.15) is 0 Å². The molecule has 11 rings (SSSR count). The molecule has 0 amide bonds. The summed E-state index contributed by atoms with van der Waals surface area (Å²) in [6.45, 7) is 0. The van der Waals surface area contributed by atoms with Crippen molar-refractivity contribution >= 4 is 54.6 Å². The summed E-state index contributed by atoms with van der Waals surface area (Å²) < 4.78 is 13.0. The summed E-state index contributed by atoms with van der Waals surface area (Å²) in [6.07, 6.45) is 0. The van der Waals surface area contributed by atoms with Crippen molar-refractivity contribution in [3.05, 3.63) is 176 Å². The lowest BCUT2D eigenvalue weighted by atomic mass is 9.92. The molecule has 0 spiro atoms. The topological polar surface area (TPSA) is 65.0 Å². The average molecular weight is 692 g/mol. The molecule has 0 aliphatic heterocycles. The smallest absolute Gasteiger partial charge is 0.167 e. The number of hydrogen-bond acceptors (Lipinski definition) is 5. The molecule has 0 aliphatic carbocycles. The van der Waals surface area contributed by atoms with Crippen LogP contribution in [0, 0.1) is 0 Å². The number of benzene rings is 8. The fourth-order valence-corrected chi connectivity index (χ4v) is 7.86. The lowest BCUT2D eigenvalue weighted by Gasteiger charge is -2.13. The molecule has 0 aliphatic rings. The second-order valence-corrected chi connectivity index (χ2v) is 13.5. The highest BCUT2D eigenvalue weighted by Gasteiger charge is 2.20. The van der Waals surface area contributed by atoms with Crippen molar-refractivity contribution in [2.45, 2.75) is 0 Å². The van der Waals surface area contributed by atoms with Gasteiger partial charge in [-0.05, 0) is 63.4 Å². The number of furan rings is 2. The zero-order valence-corrected chi connectivity index (χ0v) is 28.9. The van der Waals surface area contributed by atoms with Gasteiger partial charge in [0.2, 0.25) is 0 Å². The van der Waals surface area contributed by atoms with Gasteiger partial charge in [0.15, 0.2) is 17.5 Å². The molecule has 5 heteroatoms. The van der Waals surface area contributed by atoms with E-state index >= 15 is 0 Å². The van der Waals surface area contributed by atoms with E-state index in [9.17, 15) is 0 Å². The third kappa shape index (κ3) is 4.83. The molecule has 3 aromatic heterocycles. The first-order chi connectivity index (χ1) is 26.8. The number of fused-ring (bicyclic) bond motifs is 7. The third-order valence-corrected chi connectivity index (χ3v) is 10.4. The van der Waals surface area contributed by atoms with E-state index in [4.69, 9.17) is 23.8 Å². The van der Waals surface area contributed by atoms with Crippen molar-refractivity contribution in [2.75, 3.05) is 0 Å². The van der Waals surface area contributed by atoms with Gasteiger partial charge in [-0.1, -0.05) is 146 Å². The summed E-state index contributed by atoms with van der Waals surface area (Å²) in [4.78, 5) is 15.4. The van der Waals surface area contributed by atoms with Crippen molar-refractivity contribution < 1.29 is 8.83 Å². The minimum Gasteiger partial charge on any atom is -0.456 e. The Bertz CT molecular complexity index is 3220. The summed E-state index contributed by atoms with van der Waals surface area (Å²) >= 11 is 0. The fraction of sp³-hybridized carbons (Fsp3) is 0. The number of aromatic nitrogens is 3. The Labute approximate surface area is 309 Å². The Balaban J connectivity index is 1.11. The first kappa shape index (κ1) is 30.3. The molecule has 11 aromatic rings. The SMILES string of the molecule is c1ccc(-c2ccc3c(c2)oc2cccc(-c4cccc5c(-c6nc(-c7ccccc7)nc(-c7cccc8c7oc7ccccc78)n6)cccc45)c23)cc1. The zero-order chi connectivity index (χ0) is 35.6. The first-order valence-electron chi connectivity index (χ1n) is 18.0. The molecule has 0 fully saturated rings. The molecular weight excluding hydrogens is 663 g/mol. The molecule has 0 saturated heterocycles. The largest absolute Gasteiger partial charge is 0.456 e. The molecule has 252 valence electrons. The van der Waals surface area contributed by atoms with E-state index in [1.54, 1.807) is 0 Å². The van der Waals surface area contributed by atoms with Crippen molar-refractivity contribution in [3.63, 3.8) is 0 Å². The molecule has 54 heavy (non-hydrogen) atoms. The van der Waals surface area contributed by atoms with Gasteiger partial charge in [0, 0.05) is 32.7 Å². The summed E-state index contributed by atoms with van der Waals surface area (Å²) in [6, 6.07) is 60.4. The molecule has 0 bridgehead atoms. The van der Waals surface area contributed by atoms with Crippen LogP contribution in [0.2, 0.25) is 0 Å². The second-order valence-electron chi connectivity index (χ2n) is 13.5. The number of hydrogen-bond donors (Lipinski definition) is 0. The van der Waals surface area contributed by atoms with Crippen LogP contribution in [-0.2, 0) is 0 Å². The summed E-state index contributed by atoms with van der Waals surface area (Å²) in [7, 11) is 0. The van der Waals surface area contributed by atoms with Crippen LogP contribution in [0.4, 0.5) is 0 Å². The molecule has 0 atom stereocenters. The van der Waals surface area contributed by atoms with Gasteiger partial charge in [-0.3, -0.25) is 0 Å². The fourth-order valence-electron chi connectivity index (χ4n) is 7.86. The van der Waals surface area contributed by atoms with Gasteiger partial charge in [-0.2, -0.15) is 0 Å². The third-order valence-electron chi connectivity index (χ3n) is 10.4. The number of nitrogens with zero attached hydrogens (tertiary/aromatic N) is 3. The maximum atomic E-state index is 6.51. The van der Waals surface area contributed by atoms with E-state index in [1.165, 1.54) is 0 Å². The van der Waals surface area contributed by atoms with Crippen LogP contribution < -0.4 is 0 Å². The maximum Gasteiger partial charge on any atom is 0.167 e. The van der Waals surface area contributed by atoms with Crippen LogP contribution in [0.5, 0.6) is 0 Å². The number of para-hydroxylation sites is 2. The van der Waals surface area contributed by atoms with Crippen molar-refractivity contribution in [2.24, 2.45) is 0 Å². The number of rotatable bonds is 5. The monoisotopic (exact) mass is 691 g/mol. The van der Waals surface area contributed by atoms with E-state index in [0.29, 0.717) is 17.5 Å². The Kier molecular flexibility index (Phi) is 6.79. The van der Waals surface area contributed by atoms with E-state index < -0.39 is 0 Å². The van der Waals surface area contributed by atoms with Crippen molar-refractivity contribution in [1.82, 2.24) is 15.0 Å². The van der Waals surface area contributed by atoms with Crippen LogP contribution in [0.25, 0.3) is 111 Å². The van der Waals surface area contributed by atoms with Crippen LogP contribution >= 0.6 is 0 Å². The minimum atomic E-state index is 0.557. The molecule has 8 aromatic carbocycles. The highest BCUT2D eigenvalue weighted by Crippen LogP contribution is 2.42. The Morgan fingerprint density at radius 3 is 1.69 bits per heavy atom. The van der Waals surface area contributed by atoms with Gasteiger partial charge >= 0.3 is 0 Å². The Morgan fingerprint density at radius 2 is 0.870 bits per heavy atom. The van der Waals surface area contributed by atoms with Gasteiger partial charge in [-0.15, -0.1) is 0 Å².